The van der Waals surface area contributed by atoms with Gasteiger partial charge in [0.1, 0.15) is 12.4 Å². The molecule has 0 saturated carbocycles. The number of likely N-dealkylation sites (tertiary alicyclic amines) is 1. The molecule has 20 heavy (non-hydrogen) atoms. The summed E-state index contributed by atoms with van der Waals surface area (Å²) in [5.41, 5.74) is 1.94. The third-order valence-electron chi connectivity index (χ3n) is 3.66. The molecule has 0 amide bonds. The largest absolute Gasteiger partial charge is 0.495 e. The van der Waals surface area contributed by atoms with Crippen molar-refractivity contribution in [2.24, 2.45) is 0 Å². The quantitative estimate of drug-likeness (QED) is 0.805. The fourth-order valence-corrected chi connectivity index (χ4v) is 2.63. The normalized spacial score (nSPS) is 18.6. The molecule has 1 unspecified atom stereocenters. The van der Waals surface area contributed by atoms with Gasteiger partial charge in [0, 0.05) is 12.6 Å². The predicted octanol–water partition coefficient (Wildman–Crippen LogP) is 0.996. The molecule has 0 bridgehead atoms. The van der Waals surface area contributed by atoms with Crippen molar-refractivity contribution in [3.05, 3.63) is 29.3 Å². The molecular weight excluding hydrogens is 254 g/mol. The standard InChI is InChI=1S/C16H21NO3/c1-20-16-7-6-13(10-14(16)4-3-9-18)11-17-8-2-5-15(17)12-19/h6-7,10,15,18-19H,2,5,8-9,11-12H2,1H3. The van der Waals surface area contributed by atoms with E-state index in [1.807, 2.05) is 18.2 Å². The Morgan fingerprint density at radius 1 is 1.40 bits per heavy atom. The van der Waals surface area contributed by atoms with Crippen LogP contribution in [-0.2, 0) is 6.54 Å². The molecule has 1 aromatic rings. The molecule has 2 rings (SSSR count). The number of nitrogens with zero attached hydrogens (tertiary/aromatic N) is 1. The molecular formula is C16H21NO3. The lowest BCUT2D eigenvalue weighted by Crippen LogP contribution is -2.31. The first-order chi connectivity index (χ1) is 9.78. The number of hydrogen-bond donors (Lipinski definition) is 2. The average Bonchev–Trinajstić information content (AvgIpc) is 2.92. The van der Waals surface area contributed by atoms with E-state index in [9.17, 15) is 5.11 Å². The maximum atomic E-state index is 9.36. The minimum Gasteiger partial charge on any atom is -0.495 e. The number of benzene rings is 1. The Bertz CT molecular complexity index is 504. The van der Waals surface area contributed by atoms with E-state index in [0.717, 1.165) is 42.8 Å². The first-order valence-electron chi connectivity index (χ1n) is 6.90. The lowest BCUT2D eigenvalue weighted by molar-refractivity contribution is 0.153. The molecule has 1 fully saturated rings. The molecule has 4 nitrogen and oxygen atoms in total. The molecule has 1 heterocycles. The first-order valence-corrected chi connectivity index (χ1v) is 6.90. The van der Waals surface area contributed by atoms with Crippen LogP contribution in [0.5, 0.6) is 5.75 Å². The lowest BCUT2D eigenvalue weighted by Gasteiger charge is -2.22. The fourth-order valence-electron chi connectivity index (χ4n) is 2.63. The number of ether oxygens (including phenoxy) is 1. The van der Waals surface area contributed by atoms with E-state index in [0.29, 0.717) is 0 Å². The summed E-state index contributed by atoms with van der Waals surface area (Å²) in [5.74, 6) is 6.28. The molecule has 1 aliphatic heterocycles. The second-order valence-electron chi connectivity index (χ2n) is 4.94. The number of aliphatic hydroxyl groups is 2. The topological polar surface area (TPSA) is 52.9 Å². The second kappa shape index (κ2) is 7.30. The molecule has 1 atom stereocenters. The van der Waals surface area contributed by atoms with E-state index in [1.165, 1.54) is 0 Å². The van der Waals surface area contributed by atoms with Gasteiger partial charge in [0.25, 0.3) is 0 Å². The SMILES string of the molecule is COc1ccc(CN2CCCC2CO)cc1C#CCO. The molecule has 4 heteroatoms. The Kier molecular flexibility index (Phi) is 5.42. The average molecular weight is 275 g/mol. The molecule has 2 N–H and O–H groups in total. The van der Waals surface area contributed by atoms with Gasteiger partial charge in [-0.1, -0.05) is 17.9 Å². The highest BCUT2D eigenvalue weighted by Crippen LogP contribution is 2.23. The van der Waals surface area contributed by atoms with E-state index >= 15 is 0 Å². The smallest absolute Gasteiger partial charge is 0.134 e. The van der Waals surface area contributed by atoms with Crippen molar-refractivity contribution in [3.8, 4) is 17.6 Å². The molecule has 1 aliphatic rings. The zero-order chi connectivity index (χ0) is 14.4. The Morgan fingerprint density at radius 3 is 2.95 bits per heavy atom. The van der Waals surface area contributed by atoms with Gasteiger partial charge in [-0.2, -0.15) is 0 Å². The van der Waals surface area contributed by atoms with Crippen molar-refractivity contribution in [2.45, 2.75) is 25.4 Å². The van der Waals surface area contributed by atoms with Gasteiger partial charge in [0.05, 0.1) is 19.3 Å². The summed E-state index contributed by atoms with van der Waals surface area (Å²) in [6.07, 6.45) is 2.20. The highest BCUT2D eigenvalue weighted by atomic mass is 16.5. The van der Waals surface area contributed by atoms with E-state index in [2.05, 4.69) is 16.7 Å². The fraction of sp³-hybridized carbons (Fsp3) is 0.500. The number of hydrogen-bond acceptors (Lipinski definition) is 4. The van der Waals surface area contributed by atoms with Crippen LogP contribution in [0.3, 0.4) is 0 Å². The van der Waals surface area contributed by atoms with Gasteiger partial charge >= 0.3 is 0 Å². The minimum atomic E-state index is -0.161. The van der Waals surface area contributed by atoms with E-state index in [4.69, 9.17) is 9.84 Å². The zero-order valence-corrected chi connectivity index (χ0v) is 11.8. The monoisotopic (exact) mass is 275 g/mol. The molecule has 0 spiro atoms. The van der Waals surface area contributed by atoms with E-state index in [-0.39, 0.29) is 19.3 Å². The summed E-state index contributed by atoms with van der Waals surface area (Å²) in [4.78, 5) is 2.30. The van der Waals surface area contributed by atoms with Crippen molar-refractivity contribution in [1.29, 1.82) is 0 Å². The van der Waals surface area contributed by atoms with Crippen LogP contribution >= 0.6 is 0 Å². The number of aliphatic hydroxyl groups excluding tert-OH is 2. The van der Waals surface area contributed by atoms with Crippen molar-refractivity contribution < 1.29 is 14.9 Å². The summed E-state index contributed by atoms with van der Waals surface area (Å²) < 4.78 is 5.27. The Hall–Kier alpha value is -1.54. The van der Waals surface area contributed by atoms with Gasteiger partial charge < -0.3 is 14.9 Å². The maximum absolute atomic E-state index is 9.36. The van der Waals surface area contributed by atoms with Crippen LogP contribution in [0.2, 0.25) is 0 Å². The summed E-state index contributed by atoms with van der Waals surface area (Å²) in [5, 5.41) is 18.2. The van der Waals surface area contributed by atoms with Crippen LogP contribution in [0, 0.1) is 11.8 Å². The summed E-state index contributed by atoms with van der Waals surface area (Å²) in [6.45, 7) is 1.89. The van der Waals surface area contributed by atoms with Crippen LogP contribution in [-0.4, -0.2) is 48.0 Å². The van der Waals surface area contributed by atoms with Gasteiger partial charge in [-0.3, -0.25) is 4.90 Å². The van der Waals surface area contributed by atoms with Crippen LogP contribution in [0.4, 0.5) is 0 Å². The number of methoxy groups -OCH3 is 1. The van der Waals surface area contributed by atoms with Crippen LogP contribution in [0.15, 0.2) is 18.2 Å². The summed E-state index contributed by atoms with van der Waals surface area (Å²) >= 11 is 0. The highest BCUT2D eigenvalue weighted by molar-refractivity contribution is 5.48. The van der Waals surface area contributed by atoms with Crippen LogP contribution in [0.25, 0.3) is 0 Å². The first kappa shape index (κ1) is 14.9. The second-order valence-corrected chi connectivity index (χ2v) is 4.94. The van der Waals surface area contributed by atoms with Gasteiger partial charge in [-0.15, -0.1) is 0 Å². The van der Waals surface area contributed by atoms with Gasteiger partial charge in [0.15, 0.2) is 0 Å². The molecule has 0 radical (unpaired) electrons. The Labute approximate surface area is 120 Å². The van der Waals surface area contributed by atoms with Crippen molar-refractivity contribution in [1.82, 2.24) is 4.90 Å². The molecule has 0 aromatic heterocycles. The van der Waals surface area contributed by atoms with Crippen molar-refractivity contribution >= 4 is 0 Å². The highest BCUT2D eigenvalue weighted by Gasteiger charge is 2.23. The molecule has 108 valence electrons. The molecule has 0 aliphatic carbocycles. The molecule has 1 saturated heterocycles. The third-order valence-corrected chi connectivity index (χ3v) is 3.66. The molecule has 1 aromatic carbocycles. The summed E-state index contributed by atoms with van der Waals surface area (Å²) in [7, 11) is 1.61. The Balaban J connectivity index is 2.16. The van der Waals surface area contributed by atoms with E-state index < -0.39 is 0 Å². The van der Waals surface area contributed by atoms with Crippen LogP contribution in [0.1, 0.15) is 24.0 Å². The van der Waals surface area contributed by atoms with Crippen LogP contribution < -0.4 is 4.74 Å². The lowest BCUT2D eigenvalue weighted by atomic mass is 10.1. The van der Waals surface area contributed by atoms with Gasteiger partial charge in [0.2, 0.25) is 0 Å². The Morgan fingerprint density at radius 2 is 2.25 bits per heavy atom. The van der Waals surface area contributed by atoms with Crippen molar-refractivity contribution in [2.75, 3.05) is 26.9 Å². The maximum Gasteiger partial charge on any atom is 0.134 e. The zero-order valence-electron chi connectivity index (χ0n) is 11.8. The van der Waals surface area contributed by atoms with Gasteiger partial charge in [-0.05, 0) is 37.1 Å². The minimum absolute atomic E-state index is 0.161. The summed E-state index contributed by atoms with van der Waals surface area (Å²) in [6, 6.07) is 6.19. The number of rotatable bonds is 4. The van der Waals surface area contributed by atoms with Crippen molar-refractivity contribution in [3.63, 3.8) is 0 Å². The predicted molar refractivity (Wildman–Crippen MR) is 77.5 cm³/mol. The van der Waals surface area contributed by atoms with Gasteiger partial charge in [-0.25, -0.2) is 0 Å². The van der Waals surface area contributed by atoms with E-state index in [1.54, 1.807) is 7.11 Å². The third kappa shape index (κ3) is 3.51.